The van der Waals surface area contributed by atoms with Crippen LogP contribution in [-0.2, 0) is 30.1 Å². The number of amides is 1. The number of thioether (sulfide) groups is 1. The van der Waals surface area contributed by atoms with Gasteiger partial charge in [-0.25, -0.2) is 9.37 Å². The predicted octanol–water partition coefficient (Wildman–Crippen LogP) is 5.35. The Hall–Kier alpha value is -3.04. The summed E-state index contributed by atoms with van der Waals surface area (Å²) in [4.78, 5) is 17.2. The lowest BCUT2D eigenvalue weighted by Gasteiger charge is -2.13. The fourth-order valence-electron chi connectivity index (χ4n) is 3.37. The van der Waals surface area contributed by atoms with Crippen LogP contribution in [0.15, 0.2) is 65.1 Å². The van der Waals surface area contributed by atoms with Crippen molar-refractivity contribution in [1.29, 1.82) is 0 Å². The van der Waals surface area contributed by atoms with Crippen molar-refractivity contribution in [3.8, 4) is 10.6 Å². The molecule has 1 amide bonds. The highest BCUT2D eigenvalue weighted by molar-refractivity contribution is 7.98. The lowest BCUT2D eigenvalue weighted by Crippen LogP contribution is -2.26. The molecule has 0 fully saturated rings. The molecule has 9 heteroatoms. The van der Waals surface area contributed by atoms with Crippen molar-refractivity contribution in [2.45, 2.75) is 44.3 Å². The molecule has 0 unspecified atom stereocenters. The van der Waals surface area contributed by atoms with Crippen molar-refractivity contribution in [3.63, 3.8) is 0 Å². The molecular weight excluding hydrogens is 469 g/mol. The first-order valence-corrected chi connectivity index (χ1v) is 12.9. The summed E-state index contributed by atoms with van der Waals surface area (Å²) in [6.45, 7) is 5.21. The van der Waals surface area contributed by atoms with Crippen LogP contribution >= 0.6 is 23.1 Å². The fraction of sp³-hybridized carbons (Fsp3) is 0.280. The molecule has 0 aliphatic heterocycles. The molecule has 0 saturated heterocycles. The van der Waals surface area contributed by atoms with Crippen molar-refractivity contribution in [2.24, 2.45) is 5.92 Å². The number of carbonyl (C=O) groups is 1. The number of benzene rings is 2. The van der Waals surface area contributed by atoms with E-state index in [0.29, 0.717) is 34.8 Å². The second-order valence-corrected chi connectivity index (χ2v) is 10.0. The minimum absolute atomic E-state index is 0.121. The molecule has 0 radical (unpaired) electrons. The van der Waals surface area contributed by atoms with E-state index in [1.807, 2.05) is 46.3 Å². The van der Waals surface area contributed by atoms with Crippen molar-refractivity contribution >= 4 is 29.0 Å². The zero-order valence-corrected chi connectivity index (χ0v) is 20.7. The minimum Gasteiger partial charge on any atom is -0.348 e. The Bertz CT molecular complexity index is 1240. The van der Waals surface area contributed by atoms with Gasteiger partial charge in [0.2, 0.25) is 5.91 Å². The van der Waals surface area contributed by atoms with Crippen molar-refractivity contribution in [2.75, 3.05) is 0 Å². The van der Waals surface area contributed by atoms with Gasteiger partial charge in [-0.05, 0) is 17.5 Å². The first kappa shape index (κ1) is 24.1. The molecule has 2 aromatic carbocycles. The number of nitrogens with one attached hydrogen (secondary N) is 1. The van der Waals surface area contributed by atoms with Gasteiger partial charge >= 0.3 is 0 Å². The molecular formula is C25H26FN5OS2. The smallest absolute Gasteiger partial charge is 0.226 e. The molecule has 1 N–H and O–H groups in total. The molecule has 0 aliphatic carbocycles. The van der Waals surface area contributed by atoms with Crippen LogP contribution in [0.25, 0.3) is 10.6 Å². The highest BCUT2D eigenvalue weighted by atomic mass is 32.2. The number of nitrogens with zero attached hydrogens (tertiary/aromatic N) is 4. The number of carbonyl (C=O) groups excluding carboxylic acids is 1. The molecule has 0 atom stereocenters. The highest BCUT2D eigenvalue weighted by Crippen LogP contribution is 2.25. The third-order valence-corrected chi connectivity index (χ3v) is 6.97. The molecule has 34 heavy (non-hydrogen) atoms. The lowest BCUT2D eigenvalue weighted by atomic mass is 10.2. The lowest BCUT2D eigenvalue weighted by molar-refractivity contribution is -0.120. The standard InChI is InChI=1S/C25H26FN5OS2/c1-17(2)14-31-22(29-30-25(31)34-15-19-10-6-7-11-21(19)26)13-27-23(32)12-20-16-33-24(28-20)18-8-4-3-5-9-18/h3-11,16-17H,12-15H2,1-2H3,(H,27,32). The SMILES string of the molecule is CC(C)Cn1c(CNC(=O)Cc2csc(-c3ccccc3)n2)nnc1SCc1ccccc1F. The molecule has 0 spiro atoms. The summed E-state index contributed by atoms with van der Waals surface area (Å²) >= 11 is 2.97. The topological polar surface area (TPSA) is 72.7 Å². The third-order valence-electron chi connectivity index (χ3n) is 5.01. The summed E-state index contributed by atoms with van der Waals surface area (Å²) in [5.41, 5.74) is 2.41. The van der Waals surface area contributed by atoms with Crippen LogP contribution < -0.4 is 5.32 Å². The number of aromatic nitrogens is 4. The Balaban J connectivity index is 1.37. The Labute approximate surface area is 206 Å². The average molecular weight is 496 g/mol. The van der Waals surface area contributed by atoms with E-state index in [1.54, 1.807) is 12.1 Å². The highest BCUT2D eigenvalue weighted by Gasteiger charge is 2.16. The van der Waals surface area contributed by atoms with Crippen LogP contribution in [0.1, 0.15) is 30.9 Å². The van der Waals surface area contributed by atoms with Gasteiger partial charge in [0, 0.05) is 23.2 Å². The van der Waals surface area contributed by atoms with Gasteiger partial charge < -0.3 is 9.88 Å². The summed E-state index contributed by atoms with van der Waals surface area (Å²) in [6, 6.07) is 16.7. The molecule has 0 aliphatic rings. The van der Waals surface area contributed by atoms with E-state index in [4.69, 9.17) is 0 Å². The summed E-state index contributed by atoms with van der Waals surface area (Å²) in [6.07, 6.45) is 0.205. The second-order valence-electron chi connectivity index (χ2n) is 8.25. The number of hydrogen-bond acceptors (Lipinski definition) is 6. The predicted molar refractivity (Wildman–Crippen MR) is 134 cm³/mol. The molecule has 2 aromatic heterocycles. The molecule has 176 valence electrons. The van der Waals surface area contributed by atoms with Gasteiger partial charge in [-0.1, -0.05) is 74.1 Å². The Morgan fingerprint density at radius 2 is 1.88 bits per heavy atom. The summed E-state index contributed by atoms with van der Waals surface area (Å²) in [5.74, 6) is 1.16. The first-order chi connectivity index (χ1) is 16.5. The maximum Gasteiger partial charge on any atom is 0.226 e. The monoisotopic (exact) mass is 495 g/mol. The van der Waals surface area contributed by atoms with Crippen LogP contribution in [0.2, 0.25) is 0 Å². The Morgan fingerprint density at radius 1 is 1.12 bits per heavy atom. The number of rotatable bonds is 10. The number of halogens is 1. The normalized spacial score (nSPS) is 11.2. The Morgan fingerprint density at radius 3 is 2.65 bits per heavy atom. The quantitative estimate of drug-likeness (QED) is 0.300. The first-order valence-electron chi connectivity index (χ1n) is 11.0. The van der Waals surface area contributed by atoms with Gasteiger partial charge in [0.25, 0.3) is 0 Å². The zero-order valence-electron chi connectivity index (χ0n) is 19.1. The molecule has 0 bridgehead atoms. The summed E-state index contributed by atoms with van der Waals surface area (Å²) < 4.78 is 16.0. The molecule has 0 saturated carbocycles. The largest absolute Gasteiger partial charge is 0.348 e. The molecule has 2 heterocycles. The van der Waals surface area contributed by atoms with Crippen LogP contribution in [0, 0.1) is 11.7 Å². The van der Waals surface area contributed by atoms with E-state index in [0.717, 1.165) is 16.3 Å². The molecule has 6 nitrogen and oxygen atoms in total. The van der Waals surface area contributed by atoms with Gasteiger partial charge in [-0.15, -0.1) is 21.5 Å². The van der Waals surface area contributed by atoms with Gasteiger partial charge in [0.15, 0.2) is 11.0 Å². The van der Waals surface area contributed by atoms with Gasteiger partial charge in [0.1, 0.15) is 10.8 Å². The number of thiazole rings is 1. The number of hydrogen-bond donors (Lipinski definition) is 1. The second kappa shape index (κ2) is 11.4. The van der Waals surface area contributed by atoms with E-state index in [2.05, 4.69) is 34.3 Å². The van der Waals surface area contributed by atoms with Crippen LogP contribution in [0.5, 0.6) is 0 Å². The van der Waals surface area contributed by atoms with Crippen LogP contribution in [0.4, 0.5) is 4.39 Å². The van der Waals surface area contributed by atoms with E-state index in [1.165, 1.54) is 29.2 Å². The van der Waals surface area contributed by atoms with E-state index in [-0.39, 0.29) is 24.7 Å². The third kappa shape index (κ3) is 6.30. The minimum atomic E-state index is -0.227. The summed E-state index contributed by atoms with van der Waals surface area (Å²) in [5, 5.41) is 15.1. The van der Waals surface area contributed by atoms with Crippen molar-refractivity contribution in [1.82, 2.24) is 25.1 Å². The van der Waals surface area contributed by atoms with E-state index in [9.17, 15) is 9.18 Å². The van der Waals surface area contributed by atoms with E-state index >= 15 is 0 Å². The maximum absolute atomic E-state index is 14.0. The van der Waals surface area contributed by atoms with Crippen LogP contribution in [-0.4, -0.2) is 25.7 Å². The Kier molecular flexibility index (Phi) is 8.08. The maximum atomic E-state index is 14.0. The molecule has 4 aromatic rings. The van der Waals surface area contributed by atoms with Gasteiger partial charge in [-0.2, -0.15) is 0 Å². The van der Waals surface area contributed by atoms with Crippen LogP contribution in [0.3, 0.4) is 0 Å². The van der Waals surface area contributed by atoms with E-state index < -0.39 is 0 Å². The average Bonchev–Trinajstić information content (AvgIpc) is 3.44. The fourth-order valence-corrected chi connectivity index (χ4v) is 5.15. The summed E-state index contributed by atoms with van der Waals surface area (Å²) in [7, 11) is 0. The zero-order chi connectivity index (χ0) is 23.9. The van der Waals surface area contributed by atoms with Crippen molar-refractivity contribution < 1.29 is 9.18 Å². The molecule has 4 rings (SSSR count). The van der Waals surface area contributed by atoms with Crippen molar-refractivity contribution in [3.05, 3.63) is 82.9 Å². The van der Waals surface area contributed by atoms with Gasteiger partial charge in [0.05, 0.1) is 18.7 Å². The van der Waals surface area contributed by atoms with Gasteiger partial charge in [-0.3, -0.25) is 4.79 Å².